The number of halogens is 1. The molecule has 0 spiro atoms. The van der Waals surface area contributed by atoms with E-state index in [4.69, 9.17) is 4.74 Å². The van der Waals surface area contributed by atoms with Crippen molar-refractivity contribution in [1.82, 2.24) is 5.32 Å². The average molecular weight is 327 g/mol. The number of ether oxygens (including phenoxy) is 1. The fourth-order valence-corrected chi connectivity index (χ4v) is 2.99. The van der Waals surface area contributed by atoms with Crippen molar-refractivity contribution in [3.8, 4) is 0 Å². The van der Waals surface area contributed by atoms with Gasteiger partial charge in [0.2, 0.25) is 0 Å². The number of methoxy groups -OCH3 is 1. The molecule has 19 heavy (non-hydrogen) atoms. The first-order valence-electron chi connectivity index (χ1n) is 7.01. The van der Waals surface area contributed by atoms with Crippen LogP contribution in [0.25, 0.3) is 0 Å². The van der Waals surface area contributed by atoms with Gasteiger partial charge < -0.3 is 15.0 Å². The van der Waals surface area contributed by atoms with E-state index in [0.717, 1.165) is 39.0 Å². The second-order valence-corrected chi connectivity index (χ2v) is 5.83. The lowest BCUT2D eigenvalue weighted by molar-refractivity contribution is 0.0819. The van der Waals surface area contributed by atoms with Crippen molar-refractivity contribution in [3.05, 3.63) is 28.2 Å². The van der Waals surface area contributed by atoms with Crippen LogP contribution in [-0.4, -0.2) is 32.8 Å². The van der Waals surface area contributed by atoms with E-state index >= 15 is 0 Å². The first kappa shape index (κ1) is 14.8. The standard InChI is InChI=1S/C15H23BrN2O/c1-3-17-11-12-4-5-13(10-15(12)16)18-8-6-14(19-2)7-9-18/h4-5,10,14,17H,3,6-9,11H2,1-2H3. The smallest absolute Gasteiger partial charge is 0.0605 e. The Kier molecular flexibility index (Phi) is 5.67. The van der Waals surface area contributed by atoms with Crippen molar-refractivity contribution < 1.29 is 4.74 Å². The van der Waals surface area contributed by atoms with E-state index in [1.807, 2.05) is 7.11 Å². The molecule has 106 valence electrons. The monoisotopic (exact) mass is 326 g/mol. The zero-order valence-electron chi connectivity index (χ0n) is 11.8. The minimum absolute atomic E-state index is 0.438. The number of hydrogen-bond acceptors (Lipinski definition) is 3. The second-order valence-electron chi connectivity index (χ2n) is 4.98. The normalized spacial score (nSPS) is 16.9. The van der Waals surface area contributed by atoms with Gasteiger partial charge in [0, 0.05) is 36.9 Å². The van der Waals surface area contributed by atoms with Crippen LogP contribution < -0.4 is 10.2 Å². The Balaban J connectivity index is 1.99. The summed E-state index contributed by atoms with van der Waals surface area (Å²) in [6.07, 6.45) is 2.67. The lowest BCUT2D eigenvalue weighted by atomic mass is 10.1. The summed E-state index contributed by atoms with van der Waals surface area (Å²) >= 11 is 3.68. The fraction of sp³-hybridized carbons (Fsp3) is 0.600. The van der Waals surface area contributed by atoms with Gasteiger partial charge in [0.15, 0.2) is 0 Å². The first-order chi connectivity index (χ1) is 9.24. The molecule has 1 aromatic carbocycles. The van der Waals surface area contributed by atoms with Crippen LogP contribution in [0, 0.1) is 0 Å². The van der Waals surface area contributed by atoms with Crippen molar-refractivity contribution in [2.24, 2.45) is 0 Å². The van der Waals surface area contributed by atoms with Gasteiger partial charge >= 0.3 is 0 Å². The molecule has 3 nitrogen and oxygen atoms in total. The molecule has 1 saturated heterocycles. The molecule has 0 saturated carbocycles. The van der Waals surface area contributed by atoms with Crippen LogP contribution in [0.15, 0.2) is 22.7 Å². The zero-order valence-corrected chi connectivity index (χ0v) is 13.4. The van der Waals surface area contributed by atoms with E-state index in [1.165, 1.54) is 15.7 Å². The molecule has 0 aliphatic carbocycles. The molecular weight excluding hydrogens is 304 g/mol. The summed E-state index contributed by atoms with van der Waals surface area (Å²) in [7, 11) is 1.81. The van der Waals surface area contributed by atoms with Gasteiger partial charge in [-0.1, -0.05) is 28.9 Å². The summed E-state index contributed by atoms with van der Waals surface area (Å²) < 4.78 is 6.61. The molecule has 0 aromatic heterocycles. The number of rotatable bonds is 5. The zero-order chi connectivity index (χ0) is 13.7. The maximum Gasteiger partial charge on any atom is 0.0605 e. The molecule has 1 fully saturated rings. The van der Waals surface area contributed by atoms with E-state index < -0.39 is 0 Å². The molecule has 1 aliphatic heterocycles. The highest BCUT2D eigenvalue weighted by Crippen LogP contribution is 2.26. The Morgan fingerprint density at radius 1 is 1.37 bits per heavy atom. The summed E-state index contributed by atoms with van der Waals surface area (Å²) in [5, 5.41) is 3.36. The Labute approximate surface area is 124 Å². The molecule has 2 rings (SSSR count). The Morgan fingerprint density at radius 2 is 2.11 bits per heavy atom. The minimum Gasteiger partial charge on any atom is -0.381 e. The molecule has 0 amide bonds. The number of nitrogens with zero attached hydrogens (tertiary/aromatic N) is 1. The van der Waals surface area contributed by atoms with Crippen molar-refractivity contribution >= 4 is 21.6 Å². The third-order valence-corrected chi connectivity index (χ3v) is 4.48. The summed E-state index contributed by atoms with van der Waals surface area (Å²) in [6.45, 7) is 6.21. The van der Waals surface area contributed by atoms with Gasteiger partial charge in [-0.15, -0.1) is 0 Å². The SMILES string of the molecule is CCNCc1ccc(N2CCC(OC)CC2)cc1Br. The van der Waals surface area contributed by atoms with Gasteiger partial charge in [-0.05, 0) is 37.1 Å². The van der Waals surface area contributed by atoms with Crippen LogP contribution in [0.3, 0.4) is 0 Å². The summed E-state index contributed by atoms with van der Waals surface area (Å²) in [4.78, 5) is 2.44. The van der Waals surface area contributed by atoms with Gasteiger partial charge in [-0.3, -0.25) is 0 Å². The molecule has 1 aliphatic rings. The summed E-state index contributed by atoms with van der Waals surface area (Å²) in [5.74, 6) is 0. The Morgan fingerprint density at radius 3 is 2.68 bits per heavy atom. The third-order valence-electron chi connectivity index (χ3n) is 3.74. The Hall–Kier alpha value is -0.580. The predicted molar refractivity (Wildman–Crippen MR) is 83.8 cm³/mol. The largest absolute Gasteiger partial charge is 0.381 e. The molecule has 0 atom stereocenters. The topological polar surface area (TPSA) is 24.5 Å². The summed E-state index contributed by atoms with van der Waals surface area (Å²) in [6, 6.07) is 6.68. The van der Waals surface area contributed by atoms with Gasteiger partial charge in [0.25, 0.3) is 0 Å². The van der Waals surface area contributed by atoms with Gasteiger partial charge in [0.1, 0.15) is 0 Å². The number of anilines is 1. The first-order valence-corrected chi connectivity index (χ1v) is 7.80. The van der Waals surface area contributed by atoms with E-state index in [9.17, 15) is 0 Å². The molecule has 0 unspecified atom stereocenters. The van der Waals surface area contributed by atoms with Crippen molar-refractivity contribution in [3.63, 3.8) is 0 Å². The van der Waals surface area contributed by atoms with Crippen LogP contribution in [0.1, 0.15) is 25.3 Å². The van der Waals surface area contributed by atoms with Gasteiger partial charge in [-0.2, -0.15) is 0 Å². The molecule has 1 N–H and O–H groups in total. The molecular formula is C15H23BrN2O. The maximum atomic E-state index is 5.42. The van der Waals surface area contributed by atoms with E-state index in [0.29, 0.717) is 6.10 Å². The predicted octanol–water partition coefficient (Wildman–Crippen LogP) is 3.17. The maximum absolute atomic E-state index is 5.42. The van der Waals surface area contributed by atoms with Crippen molar-refractivity contribution in [2.45, 2.75) is 32.4 Å². The Bertz CT molecular complexity index is 403. The minimum atomic E-state index is 0.438. The van der Waals surface area contributed by atoms with Crippen LogP contribution >= 0.6 is 15.9 Å². The van der Waals surface area contributed by atoms with Gasteiger partial charge in [-0.25, -0.2) is 0 Å². The average Bonchev–Trinajstić information content (AvgIpc) is 2.46. The number of nitrogens with one attached hydrogen (secondary N) is 1. The molecule has 1 aromatic rings. The van der Waals surface area contributed by atoms with Crippen LogP contribution in [-0.2, 0) is 11.3 Å². The quantitative estimate of drug-likeness (QED) is 0.899. The summed E-state index contributed by atoms with van der Waals surface area (Å²) in [5.41, 5.74) is 2.62. The second kappa shape index (κ2) is 7.27. The van der Waals surface area contributed by atoms with Crippen molar-refractivity contribution in [1.29, 1.82) is 0 Å². The lowest BCUT2D eigenvalue weighted by Gasteiger charge is -2.33. The number of benzene rings is 1. The molecule has 0 radical (unpaired) electrons. The number of piperidine rings is 1. The fourth-order valence-electron chi connectivity index (χ4n) is 2.49. The van der Waals surface area contributed by atoms with Gasteiger partial charge in [0.05, 0.1) is 6.10 Å². The van der Waals surface area contributed by atoms with E-state index in [1.54, 1.807) is 0 Å². The van der Waals surface area contributed by atoms with E-state index in [-0.39, 0.29) is 0 Å². The van der Waals surface area contributed by atoms with E-state index in [2.05, 4.69) is 51.3 Å². The highest BCUT2D eigenvalue weighted by molar-refractivity contribution is 9.10. The van der Waals surface area contributed by atoms with Crippen LogP contribution in [0.2, 0.25) is 0 Å². The highest BCUT2D eigenvalue weighted by atomic mass is 79.9. The van der Waals surface area contributed by atoms with Crippen LogP contribution in [0.4, 0.5) is 5.69 Å². The molecule has 0 bridgehead atoms. The molecule has 4 heteroatoms. The number of hydrogen-bond donors (Lipinski definition) is 1. The highest BCUT2D eigenvalue weighted by Gasteiger charge is 2.19. The lowest BCUT2D eigenvalue weighted by Crippen LogP contribution is -2.36. The molecule has 1 heterocycles. The van der Waals surface area contributed by atoms with Crippen molar-refractivity contribution in [2.75, 3.05) is 31.6 Å². The third kappa shape index (κ3) is 3.94. The van der Waals surface area contributed by atoms with Crippen LogP contribution in [0.5, 0.6) is 0 Å².